The van der Waals surface area contributed by atoms with Crippen LogP contribution in [0.4, 0.5) is 0 Å². The average Bonchev–Trinajstić information content (AvgIpc) is 3.70. The van der Waals surface area contributed by atoms with E-state index in [1.54, 1.807) is 5.57 Å². The van der Waals surface area contributed by atoms with Crippen LogP contribution < -0.4 is 0 Å². The van der Waals surface area contributed by atoms with Crippen molar-refractivity contribution in [3.05, 3.63) is 129 Å². The standard InChI is InChI=1S/C25H29.C20H21.C2H7Si.2ClH.Zr/c1-17(2)19-11-13-21(14-12-19)24-6-4-5-22-15-23(16-25(22)24)20-9-7-18(3)8-10-20;1-4-15(3)16-8-10-17(11-9-16)19-7-5-6-18-12-14(2)13-20(18)19;1-3-2;;;/h4-6,11-18,20H,7-10H2,1-3H3;5-13,15H,4H2,1-3H3;3H,1-2H3;2*1H;/q;;;;;+2/p-2. The number of hydrogen-bond acceptors (Lipinski definition) is 0. The zero-order chi connectivity index (χ0) is 36.3. The van der Waals surface area contributed by atoms with E-state index in [1.165, 1.54) is 86.9 Å². The van der Waals surface area contributed by atoms with Crippen molar-refractivity contribution < 1.29 is 15.6 Å². The van der Waals surface area contributed by atoms with E-state index in [-0.39, 0.29) is 7.25 Å². The van der Waals surface area contributed by atoms with Crippen LogP contribution in [0.15, 0.2) is 96.1 Å². The summed E-state index contributed by atoms with van der Waals surface area (Å²) in [6, 6.07) is 32.5. The Morgan fingerprint density at radius 3 is 1.71 bits per heavy atom. The van der Waals surface area contributed by atoms with Crippen molar-refractivity contribution in [3.63, 3.8) is 0 Å². The third kappa shape index (κ3) is 6.41. The Balaban J connectivity index is 1.39. The molecule has 0 radical (unpaired) electrons. The van der Waals surface area contributed by atoms with Gasteiger partial charge in [-0.25, -0.2) is 0 Å². The third-order valence-corrected chi connectivity index (χ3v) is 65.3. The molecule has 4 aromatic carbocycles. The maximum absolute atomic E-state index is 8.81. The minimum absolute atomic E-state index is 0.103. The molecule has 1 fully saturated rings. The van der Waals surface area contributed by atoms with Crippen LogP contribution in [0.3, 0.4) is 0 Å². The molecule has 0 saturated heterocycles. The molecule has 267 valence electrons. The molecule has 4 aromatic rings. The van der Waals surface area contributed by atoms with Gasteiger partial charge in [0.15, 0.2) is 0 Å². The van der Waals surface area contributed by atoms with Crippen LogP contribution in [0.5, 0.6) is 0 Å². The fourth-order valence-electron chi connectivity index (χ4n) is 9.88. The summed E-state index contributed by atoms with van der Waals surface area (Å²) in [6.07, 6.45) is 11.3. The second-order valence-electron chi connectivity index (χ2n) is 17.1. The molecule has 0 aromatic heterocycles. The normalized spacial score (nSPS) is 23.0. The Morgan fingerprint density at radius 1 is 0.686 bits per heavy atom. The summed E-state index contributed by atoms with van der Waals surface area (Å²) in [5.41, 5.74) is 16.4. The van der Waals surface area contributed by atoms with Gasteiger partial charge in [-0.3, -0.25) is 0 Å². The van der Waals surface area contributed by atoms with Gasteiger partial charge in [0.25, 0.3) is 0 Å². The molecule has 3 aliphatic carbocycles. The summed E-state index contributed by atoms with van der Waals surface area (Å²) >= 11 is -4.87. The van der Waals surface area contributed by atoms with Gasteiger partial charge in [-0.1, -0.05) is 0 Å². The molecule has 3 unspecified atom stereocenters. The SMILES string of the molecule is CCC(C)c1ccc(-c2cccc3c2C=C(C)[CH]3[Zr]([Cl])([Cl])([CH]2C(C3CCC(C)CC3)=Cc3c(-c4ccc(C(C)C)cc4)cccc32)[SiH](C)C)cc1. The molecule has 0 amide bonds. The Labute approximate surface area is 317 Å². The van der Waals surface area contributed by atoms with E-state index in [0.29, 0.717) is 17.8 Å². The first-order valence-electron chi connectivity index (χ1n) is 19.8. The molecule has 51 heavy (non-hydrogen) atoms. The predicted octanol–water partition coefficient (Wildman–Crippen LogP) is 15.1. The summed E-state index contributed by atoms with van der Waals surface area (Å²) in [5, 5.41) is 0. The van der Waals surface area contributed by atoms with Crippen LogP contribution in [-0.4, -0.2) is 5.92 Å². The summed E-state index contributed by atoms with van der Waals surface area (Å²) < 4.78 is 0.231. The van der Waals surface area contributed by atoms with Gasteiger partial charge < -0.3 is 0 Å². The number of rotatable bonds is 9. The fourth-order valence-corrected chi connectivity index (χ4v) is 41.8. The first-order chi connectivity index (χ1) is 24.3. The van der Waals surface area contributed by atoms with Gasteiger partial charge in [0.2, 0.25) is 0 Å². The van der Waals surface area contributed by atoms with E-state index in [0.717, 1.165) is 12.3 Å². The zero-order valence-corrected chi connectivity index (χ0v) is 37.2. The minimum atomic E-state index is -4.87. The van der Waals surface area contributed by atoms with Crippen LogP contribution >= 0.6 is 17.0 Å². The van der Waals surface area contributed by atoms with Gasteiger partial charge in [-0.15, -0.1) is 0 Å². The van der Waals surface area contributed by atoms with Crippen LogP contribution in [0.25, 0.3) is 34.4 Å². The van der Waals surface area contributed by atoms with Gasteiger partial charge in [0, 0.05) is 0 Å². The molecule has 0 spiro atoms. The summed E-state index contributed by atoms with van der Waals surface area (Å²) in [5.74, 6) is 0.758. The van der Waals surface area contributed by atoms with Gasteiger partial charge in [-0.2, -0.15) is 0 Å². The molecule has 0 N–H and O–H groups in total. The van der Waals surface area contributed by atoms with E-state index in [9.17, 15) is 0 Å². The molecule has 0 aliphatic heterocycles. The van der Waals surface area contributed by atoms with E-state index in [1.807, 2.05) is 0 Å². The molecule has 0 nitrogen and oxygen atoms in total. The quantitative estimate of drug-likeness (QED) is 0.148. The maximum atomic E-state index is 8.81. The molecule has 0 heterocycles. The van der Waals surface area contributed by atoms with Crippen LogP contribution in [0, 0.1) is 11.8 Å². The van der Waals surface area contributed by atoms with Crippen molar-refractivity contribution in [2.45, 2.75) is 106 Å². The van der Waals surface area contributed by atoms with Crippen LogP contribution in [-0.2, 0) is 15.6 Å². The number of fused-ring (bicyclic) bond motifs is 2. The third-order valence-electron chi connectivity index (χ3n) is 13.4. The monoisotopic (exact) mass is 809 g/mol. The molecule has 0 bridgehead atoms. The molecular formula is C47H57Cl2SiZr. The van der Waals surface area contributed by atoms with Crippen molar-refractivity contribution in [1.29, 1.82) is 0 Å². The molecule has 4 heteroatoms. The molecule has 3 aliphatic rings. The van der Waals surface area contributed by atoms with Crippen molar-refractivity contribution in [2.24, 2.45) is 11.8 Å². The number of allylic oxidation sites excluding steroid dienone is 2. The van der Waals surface area contributed by atoms with Gasteiger partial charge in [-0.05, 0) is 0 Å². The van der Waals surface area contributed by atoms with Crippen molar-refractivity contribution in [2.75, 3.05) is 0 Å². The Bertz CT molecular complexity index is 1980. The van der Waals surface area contributed by atoms with Crippen LogP contribution in [0.2, 0.25) is 13.1 Å². The van der Waals surface area contributed by atoms with Crippen molar-refractivity contribution in [3.8, 4) is 22.3 Å². The average molecular weight is 812 g/mol. The Kier molecular flexibility index (Phi) is 10.5. The second kappa shape index (κ2) is 14.4. The van der Waals surface area contributed by atoms with E-state index < -0.39 is 21.5 Å². The topological polar surface area (TPSA) is 0 Å². The zero-order valence-electron chi connectivity index (χ0n) is 32.1. The second-order valence-corrected chi connectivity index (χ2v) is 59.6. The van der Waals surface area contributed by atoms with E-state index >= 15 is 0 Å². The summed E-state index contributed by atoms with van der Waals surface area (Å²) in [7, 11) is 17.6. The van der Waals surface area contributed by atoms with Crippen LogP contribution in [0.1, 0.15) is 126 Å². The van der Waals surface area contributed by atoms with E-state index in [2.05, 4.69) is 152 Å². The van der Waals surface area contributed by atoms with Gasteiger partial charge in [0.1, 0.15) is 0 Å². The van der Waals surface area contributed by atoms with E-state index in [4.69, 9.17) is 17.0 Å². The molecule has 3 atom stereocenters. The number of hydrogen-bond donors (Lipinski definition) is 0. The first kappa shape index (κ1) is 37.4. The molecule has 1 saturated carbocycles. The fraction of sp³-hybridized carbons (Fsp3) is 0.404. The van der Waals surface area contributed by atoms with Crippen molar-refractivity contribution >= 4 is 35.1 Å². The Hall–Kier alpha value is -1.96. The molecule has 7 rings (SSSR count). The van der Waals surface area contributed by atoms with Gasteiger partial charge >= 0.3 is 320 Å². The number of benzene rings is 4. The van der Waals surface area contributed by atoms with Crippen molar-refractivity contribution in [1.82, 2.24) is 0 Å². The Morgan fingerprint density at radius 2 is 1.20 bits per heavy atom. The predicted molar refractivity (Wildman–Crippen MR) is 225 cm³/mol. The summed E-state index contributed by atoms with van der Waals surface area (Å²) in [4.78, 5) is 0. The first-order valence-corrected chi connectivity index (χ1v) is 36.1. The summed E-state index contributed by atoms with van der Waals surface area (Å²) in [6.45, 7) is 18.9. The van der Waals surface area contributed by atoms with Gasteiger partial charge in [0.05, 0.1) is 0 Å². The molecular weight excluding hydrogens is 755 g/mol. The number of halogens is 2.